The number of likely N-dealkylation sites (N-methyl/N-ethyl adjacent to an activating group) is 1. The highest BCUT2D eigenvalue weighted by atomic mass is 32.1. The number of para-hydroxylation sites is 1. The van der Waals surface area contributed by atoms with Crippen LogP contribution in [0.4, 0.5) is 11.6 Å². The van der Waals surface area contributed by atoms with Crippen LogP contribution in [0.5, 0.6) is 5.75 Å². The van der Waals surface area contributed by atoms with Crippen molar-refractivity contribution in [3.63, 3.8) is 0 Å². The number of fused-ring (bicyclic) bond motifs is 4. The maximum Gasteiger partial charge on any atom is 0.284 e. The first-order valence-corrected chi connectivity index (χ1v) is 12.6. The number of nitrogens with zero attached hydrogens (tertiary/aromatic N) is 7. The van der Waals surface area contributed by atoms with Gasteiger partial charge in [-0.3, -0.25) is 4.79 Å². The van der Waals surface area contributed by atoms with Crippen LogP contribution in [0.1, 0.15) is 6.92 Å². The molecule has 2 aromatic carbocycles. The molecule has 11 heteroatoms. The molecule has 6 aromatic rings. The fraction of sp³-hybridized carbons (Fsp3) is 0.192. The molecule has 0 saturated carbocycles. The molecule has 0 radical (unpaired) electrons. The summed E-state index contributed by atoms with van der Waals surface area (Å²) in [5.74, 6) is 1.13. The molecule has 0 amide bonds. The van der Waals surface area contributed by atoms with Crippen LogP contribution in [0.2, 0.25) is 0 Å². The van der Waals surface area contributed by atoms with Crippen LogP contribution in [0.3, 0.4) is 0 Å². The van der Waals surface area contributed by atoms with Gasteiger partial charge in [-0.05, 0) is 57.4 Å². The van der Waals surface area contributed by atoms with Crippen molar-refractivity contribution in [1.29, 1.82) is 0 Å². The van der Waals surface area contributed by atoms with Crippen LogP contribution in [0.15, 0.2) is 71.1 Å². The Kier molecular flexibility index (Phi) is 5.78. The lowest BCUT2D eigenvalue weighted by molar-refractivity contribution is 0.198. The molecule has 0 spiro atoms. The molecule has 1 N–H and O–H groups in total. The molecule has 0 saturated heterocycles. The molecule has 4 aromatic heterocycles. The van der Waals surface area contributed by atoms with Crippen LogP contribution in [0.25, 0.3) is 32.7 Å². The van der Waals surface area contributed by atoms with Crippen LogP contribution in [-0.2, 0) is 0 Å². The predicted octanol–water partition coefficient (Wildman–Crippen LogP) is 4.11. The maximum atomic E-state index is 13.6. The Labute approximate surface area is 215 Å². The Hall–Kier alpha value is -4.35. The van der Waals surface area contributed by atoms with Crippen molar-refractivity contribution in [1.82, 2.24) is 34.0 Å². The third kappa shape index (κ3) is 4.17. The van der Waals surface area contributed by atoms with Gasteiger partial charge in [0.25, 0.3) is 5.56 Å². The molecular formula is C26H24N8O2S. The van der Waals surface area contributed by atoms with Crippen molar-refractivity contribution in [3.05, 3.63) is 76.7 Å². The smallest absolute Gasteiger partial charge is 0.284 e. The van der Waals surface area contributed by atoms with Crippen LogP contribution < -0.4 is 15.6 Å². The minimum atomic E-state index is -0.258. The Morgan fingerprint density at radius 1 is 1.05 bits per heavy atom. The van der Waals surface area contributed by atoms with E-state index in [1.807, 2.05) is 68.0 Å². The van der Waals surface area contributed by atoms with Crippen molar-refractivity contribution in [3.8, 4) is 10.9 Å². The lowest BCUT2D eigenvalue weighted by Crippen LogP contribution is -2.30. The number of aromatic nitrogens is 6. The van der Waals surface area contributed by atoms with E-state index in [1.165, 1.54) is 22.0 Å². The summed E-state index contributed by atoms with van der Waals surface area (Å²) in [5.41, 5.74) is 2.21. The maximum absolute atomic E-state index is 13.6. The zero-order valence-corrected chi connectivity index (χ0v) is 21.3. The molecule has 4 heterocycles. The minimum Gasteiger partial charge on any atom is -0.492 e. The van der Waals surface area contributed by atoms with E-state index in [0.717, 1.165) is 22.3 Å². The van der Waals surface area contributed by atoms with E-state index >= 15 is 0 Å². The highest BCUT2D eigenvalue weighted by Crippen LogP contribution is 2.26. The summed E-state index contributed by atoms with van der Waals surface area (Å²) in [6.07, 6.45) is 3.22. The number of hydrogen-bond donors (Lipinski definition) is 1. The molecule has 37 heavy (non-hydrogen) atoms. The fourth-order valence-electron chi connectivity index (χ4n) is 3.98. The van der Waals surface area contributed by atoms with Gasteiger partial charge in [-0.1, -0.05) is 12.1 Å². The summed E-state index contributed by atoms with van der Waals surface area (Å²) in [6, 6.07) is 15.6. The molecule has 0 aliphatic rings. The molecular weight excluding hydrogens is 488 g/mol. The van der Waals surface area contributed by atoms with Gasteiger partial charge in [0.1, 0.15) is 17.7 Å². The summed E-state index contributed by atoms with van der Waals surface area (Å²) in [5, 5.41) is 6.90. The Morgan fingerprint density at radius 2 is 1.86 bits per heavy atom. The van der Waals surface area contributed by atoms with E-state index in [9.17, 15) is 4.79 Å². The number of hydrogen-bond acceptors (Lipinski definition) is 9. The number of thiazole rings is 1. The number of benzene rings is 2. The van der Waals surface area contributed by atoms with Gasteiger partial charge in [-0.25, -0.2) is 19.6 Å². The molecule has 0 bridgehead atoms. The lowest BCUT2D eigenvalue weighted by atomic mass is 10.2. The van der Waals surface area contributed by atoms with Gasteiger partial charge in [0, 0.05) is 34.9 Å². The first kappa shape index (κ1) is 23.1. The Balaban J connectivity index is 1.36. The first-order valence-electron chi connectivity index (χ1n) is 11.7. The number of rotatable bonds is 7. The van der Waals surface area contributed by atoms with Gasteiger partial charge in [-0.2, -0.15) is 9.50 Å². The zero-order chi connectivity index (χ0) is 25.5. The SMILES string of the molecule is CC(COc1ccc(Nc2ncc3c(=O)n4c(nc3n2)c2ccccc2n4-c2nccs2)cc1)N(C)C. The average molecular weight is 513 g/mol. The van der Waals surface area contributed by atoms with E-state index in [0.29, 0.717) is 40.4 Å². The fourth-order valence-corrected chi connectivity index (χ4v) is 4.63. The largest absolute Gasteiger partial charge is 0.492 e. The van der Waals surface area contributed by atoms with Gasteiger partial charge < -0.3 is 15.0 Å². The summed E-state index contributed by atoms with van der Waals surface area (Å²) < 4.78 is 9.19. The number of ether oxygens (including phenoxy) is 1. The van der Waals surface area contributed by atoms with Crippen LogP contribution >= 0.6 is 11.3 Å². The van der Waals surface area contributed by atoms with Gasteiger partial charge in [-0.15, -0.1) is 11.3 Å². The van der Waals surface area contributed by atoms with E-state index in [2.05, 4.69) is 32.1 Å². The zero-order valence-electron chi connectivity index (χ0n) is 20.5. The minimum absolute atomic E-state index is 0.258. The average Bonchev–Trinajstić information content (AvgIpc) is 3.54. The molecule has 6 rings (SSSR count). The molecule has 1 atom stereocenters. The molecule has 0 aliphatic heterocycles. The summed E-state index contributed by atoms with van der Waals surface area (Å²) in [7, 11) is 4.05. The summed E-state index contributed by atoms with van der Waals surface area (Å²) in [4.78, 5) is 33.8. The Morgan fingerprint density at radius 3 is 2.62 bits per heavy atom. The highest BCUT2D eigenvalue weighted by Gasteiger charge is 2.19. The molecule has 186 valence electrons. The lowest BCUT2D eigenvalue weighted by Gasteiger charge is -2.20. The van der Waals surface area contributed by atoms with Crippen molar-refractivity contribution in [2.24, 2.45) is 0 Å². The third-order valence-corrected chi connectivity index (χ3v) is 7.01. The summed E-state index contributed by atoms with van der Waals surface area (Å²) >= 11 is 1.45. The predicted molar refractivity (Wildman–Crippen MR) is 145 cm³/mol. The van der Waals surface area contributed by atoms with Crippen molar-refractivity contribution >= 4 is 50.6 Å². The normalized spacial score (nSPS) is 12.5. The van der Waals surface area contributed by atoms with E-state index < -0.39 is 0 Å². The van der Waals surface area contributed by atoms with Crippen molar-refractivity contribution in [2.75, 3.05) is 26.0 Å². The molecule has 10 nitrogen and oxygen atoms in total. The second-order valence-corrected chi connectivity index (χ2v) is 9.77. The van der Waals surface area contributed by atoms with Gasteiger partial charge in [0.2, 0.25) is 11.1 Å². The second-order valence-electron chi connectivity index (χ2n) is 8.90. The number of nitrogens with one attached hydrogen (secondary N) is 1. The third-order valence-electron chi connectivity index (χ3n) is 6.26. The van der Waals surface area contributed by atoms with E-state index in [1.54, 1.807) is 10.9 Å². The summed E-state index contributed by atoms with van der Waals surface area (Å²) in [6.45, 7) is 2.71. The van der Waals surface area contributed by atoms with Gasteiger partial charge in [0.05, 0.1) is 5.52 Å². The molecule has 0 fully saturated rings. The standard InChI is InChI=1S/C26H24N8O2S/c1-16(32(2)3)15-36-18-10-8-17(9-11-18)29-25-28-14-20-22(31-25)30-23-19-6-4-5-7-21(19)33(34(23)24(20)35)26-27-12-13-37-26/h4-14,16H,15H2,1-3H3,(H,28,29,31). The quantitative estimate of drug-likeness (QED) is 0.341. The van der Waals surface area contributed by atoms with E-state index in [-0.39, 0.29) is 5.56 Å². The first-order chi connectivity index (χ1) is 18.0. The van der Waals surface area contributed by atoms with Gasteiger partial charge in [0.15, 0.2) is 11.3 Å². The number of anilines is 2. The van der Waals surface area contributed by atoms with E-state index in [4.69, 9.17) is 9.72 Å². The van der Waals surface area contributed by atoms with Crippen molar-refractivity contribution < 1.29 is 4.74 Å². The molecule has 1 unspecified atom stereocenters. The van der Waals surface area contributed by atoms with Crippen LogP contribution in [-0.4, -0.2) is 60.8 Å². The van der Waals surface area contributed by atoms with Crippen molar-refractivity contribution in [2.45, 2.75) is 13.0 Å². The second kappa shape index (κ2) is 9.26. The highest BCUT2D eigenvalue weighted by molar-refractivity contribution is 7.12. The van der Waals surface area contributed by atoms with Crippen LogP contribution in [0, 0.1) is 0 Å². The topological polar surface area (TPSA) is 102 Å². The monoisotopic (exact) mass is 512 g/mol. The Bertz CT molecular complexity index is 1770. The molecule has 0 aliphatic carbocycles. The van der Waals surface area contributed by atoms with Gasteiger partial charge >= 0.3 is 0 Å².